The number of carboxylic acids is 1. The molecular weight excluding hydrogens is 244 g/mol. The van der Waals surface area contributed by atoms with Crippen LogP contribution in [0.25, 0.3) is 11.0 Å². The van der Waals surface area contributed by atoms with Gasteiger partial charge in [-0.3, -0.25) is 0 Å². The van der Waals surface area contributed by atoms with E-state index in [1.54, 1.807) is 6.07 Å². The van der Waals surface area contributed by atoms with E-state index in [1.807, 2.05) is 25.2 Å². The first-order valence-corrected chi connectivity index (χ1v) is 6.19. The molecule has 0 bridgehead atoms. The molecule has 0 spiro atoms. The minimum Gasteiger partial charge on any atom is -0.475 e. The monoisotopic (exact) mass is 262 g/mol. The van der Waals surface area contributed by atoms with Gasteiger partial charge in [-0.2, -0.15) is 0 Å². The van der Waals surface area contributed by atoms with Crippen LogP contribution in [0.3, 0.4) is 0 Å². The van der Waals surface area contributed by atoms with Crippen molar-refractivity contribution in [1.29, 1.82) is 0 Å². The van der Waals surface area contributed by atoms with Gasteiger partial charge in [-0.15, -0.1) is 0 Å². The lowest BCUT2D eigenvalue weighted by atomic mass is 10.1. The fourth-order valence-corrected chi connectivity index (χ4v) is 1.99. The van der Waals surface area contributed by atoms with E-state index < -0.39 is 5.97 Å². The molecule has 1 aromatic carbocycles. The number of carbonyl (C=O) groups is 1. The van der Waals surface area contributed by atoms with Gasteiger partial charge in [0, 0.05) is 25.0 Å². The van der Waals surface area contributed by atoms with Crippen LogP contribution in [0.5, 0.6) is 0 Å². The molecule has 0 saturated heterocycles. The highest BCUT2D eigenvalue weighted by atomic mass is 16.4. The van der Waals surface area contributed by atoms with Crippen LogP contribution in [0, 0.1) is 0 Å². The molecule has 5 heteroatoms. The van der Waals surface area contributed by atoms with Crippen LogP contribution in [-0.2, 0) is 6.54 Å². The first-order valence-electron chi connectivity index (χ1n) is 6.19. The molecule has 0 aliphatic rings. The van der Waals surface area contributed by atoms with E-state index >= 15 is 0 Å². The summed E-state index contributed by atoms with van der Waals surface area (Å²) < 4.78 is 5.23. The Bertz CT molecular complexity index is 577. The molecule has 0 unspecified atom stereocenters. The molecule has 5 nitrogen and oxygen atoms in total. The topological polar surface area (TPSA) is 65.7 Å². The Hall–Kier alpha value is -1.85. The van der Waals surface area contributed by atoms with E-state index in [2.05, 4.69) is 17.3 Å². The van der Waals surface area contributed by atoms with Gasteiger partial charge in [0.05, 0.1) is 0 Å². The van der Waals surface area contributed by atoms with Crippen molar-refractivity contribution in [3.63, 3.8) is 0 Å². The smallest absolute Gasteiger partial charge is 0.371 e. The second-order valence-corrected chi connectivity index (χ2v) is 4.63. The maximum atomic E-state index is 10.8. The van der Waals surface area contributed by atoms with Gasteiger partial charge >= 0.3 is 5.97 Å². The number of carboxylic acid groups (broad SMARTS) is 1. The third-order valence-electron chi connectivity index (χ3n) is 2.99. The van der Waals surface area contributed by atoms with Gasteiger partial charge < -0.3 is 19.7 Å². The molecule has 0 aliphatic carbocycles. The molecule has 2 N–H and O–H groups in total. The van der Waals surface area contributed by atoms with E-state index in [-0.39, 0.29) is 5.76 Å². The number of likely N-dealkylation sites (N-methyl/N-ethyl adjacent to an activating group) is 2. The first kappa shape index (κ1) is 13.6. The maximum absolute atomic E-state index is 10.8. The summed E-state index contributed by atoms with van der Waals surface area (Å²) in [6.45, 7) is 2.72. The molecule has 2 aromatic rings. The summed E-state index contributed by atoms with van der Waals surface area (Å²) in [5.74, 6) is -1.06. The van der Waals surface area contributed by atoms with Crippen molar-refractivity contribution in [3.8, 4) is 0 Å². The molecule has 1 heterocycles. The average molecular weight is 262 g/mol. The van der Waals surface area contributed by atoms with Gasteiger partial charge in [-0.1, -0.05) is 6.07 Å². The molecule has 102 valence electrons. The Morgan fingerprint density at radius 2 is 2.21 bits per heavy atom. The van der Waals surface area contributed by atoms with Crippen molar-refractivity contribution in [2.75, 3.05) is 27.2 Å². The van der Waals surface area contributed by atoms with Crippen LogP contribution >= 0.6 is 0 Å². The van der Waals surface area contributed by atoms with Crippen molar-refractivity contribution in [2.24, 2.45) is 0 Å². The highest BCUT2D eigenvalue weighted by Gasteiger charge is 2.10. The summed E-state index contributed by atoms with van der Waals surface area (Å²) in [5.41, 5.74) is 1.75. The lowest BCUT2D eigenvalue weighted by Gasteiger charge is -2.16. The molecule has 0 atom stereocenters. The molecule has 1 aromatic heterocycles. The zero-order chi connectivity index (χ0) is 13.8. The van der Waals surface area contributed by atoms with E-state index in [9.17, 15) is 4.79 Å². The van der Waals surface area contributed by atoms with Crippen molar-refractivity contribution in [1.82, 2.24) is 10.2 Å². The fourth-order valence-electron chi connectivity index (χ4n) is 1.99. The van der Waals surface area contributed by atoms with E-state index in [0.717, 1.165) is 30.6 Å². The zero-order valence-corrected chi connectivity index (χ0v) is 11.1. The molecule has 0 amide bonds. The van der Waals surface area contributed by atoms with Gasteiger partial charge in [-0.25, -0.2) is 4.79 Å². The van der Waals surface area contributed by atoms with Crippen molar-refractivity contribution >= 4 is 16.9 Å². The second kappa shape index (κ2) is 5.86. The fraction of sp³-hybridized carbons (Fsp3) is 0.357. The van der Waals surface area contributed by atoms with Gasteiger partial charge in [0.1, 0.15) is 5.58 Å². The molecule has 0 saturated carbocycles. The Morgan fingerprint density at radius 1 is 1.42 bits per heavy atom. The summed E-state index contributed by atoms with van der Waals surface area (Å²) >= 11 is 0. The normalized spacial score (nSPS) is 11.3. The Balaban J connectivity index is 2.14. The van der Waals surface area contributed by atoms with Gasteiger partial charge in [0.15, 0.2) is 0 Å². The molecule has 19 heavy (non-hydrogen) atoms. The number of nitrogens with one attached hydrogen (secondary N) is 1. The second-order valence-electron chi connectivity index (χ2n) is 4.63. The van der Waals surface area contributed by atoms with Crippen LogP contribution in [0.4, 0.5) is 0 Å². The largest absolute Gasteiger partial charge is 0.475 e. The molecule has 2 rings (SSSR count). The average Bonchev–Trinajstić information content (AvgIpc) is 2.79. The lowest BCUT2D eigenvalue weighted by molar-refractivity contribution is 0.0665. The highest BCUT2D eigenvalue weighted by molar-refractivity contribution is 5.91. The van der Waals surface area contributed by atoms with Crippen molar-refractivity contribution in [2.45, 2.75) is 6.54 Å². The summed E-state index contributed by atoms with van der Waals surface area (Å²) in [7, 11) is 3.98. The standard InChI is InChI=1S/C14H18N2O3/c1-15-5-6-16(2)9-10-3-4-12-11(7-10)8-13(19-12)14(17)18/h3-4,7-8,15H,5-6,9H2,1-2H3,(H,17,18). The van der Waals surface area contributed by atoms with Crippen LogP contribution in [0.1, 0.15) is 16.1 Å². The zero-order valence-electron chi connectivity index (χ0n) is 11.1. The van der Waals surface area contributed by atoms with Crippen molar-refractivity contribution in [3.05, 3.63) is 35.6 Å². The number of hydrogen-bond donors (Lipinski definition) is 2. The number of rotatable bonds is 6. The summed E-state index contributed by atoms with van der Waals surface area (Å²) in [4.78, 5) is 13.0. The van der Waals surface area contributed by atoms with E-state index in [1.165, 1.54) is 0 Å². The van der Waals surface area contributed by atoms with Crippen LogP contribution in [0.2, 0.25) is 0 Å². The third-order valence-corrected chi connectivity index (χ3v) is 2.99. The predicted octanol–water partition coefficient (Wildman–Crippen LogP) is 1.78. The lowest BCUT2D eigenvalue weighted by Crippen LogP contribution is -2.26. The highest BCUT2D eigenvalue weighted by Crippen LogP contribution is 2.21. The van der Waals surface area contributed by atoms with Crippen LogP contribution in [-0.4, -0.2) is 43.2 Å². The van der Waals surface area contributed by atoms with Gasteiger partial charge in [0.25, 0.3) is 0 Å². The number of benzene rings is 1. The molecule has 0 aliphatic heterocycles. The Labute approximate surface area is 111 Å². The number of fused-ring (bicyclic) bond motifs is 1. The maximum Gasteiger partial charge on any atom is 0.371 e. The molecule has 0 fully saturated rings. The summed E-state index contributed by atoms with van der Waals surface area (Å²) in [5, 5.41) is 12.8. The summed E-state index contributed by atoms with van der Waals surface area (Å²) in [6, 6.07) is 7.33. The van der Waals surface area contributed by atoms with E-state index in [4.69, 9.17) is 9.52 Å². The van der Waals surface area contributed by atoms with Gasteiger partial charge in [-0.05, 0) is 37.9 Å². The number of aromatic carboxylic acids is 1. The Kier molecular flexibility index (Phi) is 4.19. The van der Waals surface area contributed by atoms with Gasteiger partial charge in [0.2, 0.25) is 5.76 Å². The SMILES string of the molecule is CNCCN(C)Cc1ccc2oc(C(=O)O)cc2c1. The van der Waals surface area contributed by atoms with Crippen molar-refractivity contribution < 1.29 is 14.3 Å². The summed E-state index contributed by atoms with van der Waals surface area (Å²) in [6.07, 6.45) is 0. The quantitative estimate of drug-likeness (QED) is 0.830. The first-order chi connectivity index (χ1) is 9.10. The van der Waals surface area contributed by atoms with Crippen LogP contribution in [0.15, 0.2) is 28.7 Å². The molecular formula is C14H18N2O3. The third kappa shape index (κ3) is 3.33. The molecule has 0 radical (unpaired) electrons. The number of nitrogens with zero attached hydrogens (tertiary/aromatic N) is 1. The number of hydrogen-bond acceptors (Lipinski definition) is 4. The predicted molar refractivity (Wildman–Crippen MR) is 73.4 cm³/mol. The number of furan rings is 1. The van der Waals surface area contributed by atoms with Crippen LogP contribution < -0.4 is 5.32 Å². The minimum absolute atomic E-state index is 0.0179. The Morgan fingerprint density at radius 3 is 2.89 bits per heavy atom. The van der Waals surface area contributed by atoms with E-state index in [0.29, 0.717) is 5.58 Å². The minimum atomic E-state index is -1.04.